The van der Waals surface area contributed by atoms with Gasteiger partial charge in [-0.2, -0.15) is 5.10 Å². The van der Waals surface area contributed by atoms with E-state index in [2.05, 4.69) is 17.2 Å². The normalized spacial score (nSPS) is 13.9. The van der Waals surface area contributed by atoms with Gasteiger partial charge in [-0.3, -0.25) is 4.79 Å². The molecule has 0 radical (unpaired) electrons. The third kappa shape index (κ3) is 2.22. The summed E-state index contributed by atoms with van der Waals surface area (Å²) < 4.78 is 7.50. The molecule has 4 nitrogen and oxygen atoms in total. The van der Waals surface area contributed by atoms with Gasteiger partial charge in [0, 0.05) is 7.05 Å². The predicted molar refractivity (Wildman–Crippen MR) is 76.5 cm³/mol. The maximum absolute atomic E-state index is 11.2. The van der Waals surface area contributed by atoms with Gasteiger partial charge in [0.2, 0.25) is 5.88 Å². The number of hydrogen-bond acceptors (Lipinski definition) is 3. The lowest BCUT2D eigenvalue weighted by Crippen LogP contribution is -2.03. The number of aromatic nitrogens is 2. The van der Waals surface area contributed by atoms with Crippen LogP contribution in [0.1, 0.15) is 40.0 Å². The molecule has 0 atom stereocenters. The van der Waals surface area contributed by atoms with Crippen LogP contribution < -0.4 is 4.74 Å². The number of fused-ring (bicyclic) bond motifs is 1. The minimum atomic E-state index is 0.508. The number of nitrogens with zero attached hydrogens (tertiary/aromatic N) is 2. The first-order chi connectivity index (χ1) is 9.69. The van der Waals surface area contributed by atoms with Crippen LogP contribution in [0.3, 0.4) is 0 Å². The third-order valence-corrected chi connectivity index (χ3v) is 3.87. The second-order valence-corrected chi connectivity index (χ2v) is 5.29. The maximum atomic E-state index is 11.2. The van der Waals surface area contributed by atoms with Crippen molar-refractivity contribution in [2.45, 2.75) is 32.6 Å². The van der Waals surface area contributed by atoms with Crippen LogP contribution in [-0.4, -0.2) is 16.1 Å². The number of hydrogen-bond donors (Lipinski definition) is 0. The van der Waals surface area contributed by atoms with Crippen molar-refractivity contribution in [3.63, 3.8) is 0 Å². The van der Waals surface area contributed by atoms with Gasteiger partial charge in [0.05, 0.1) is 11.3 Å². The molecule has 1 aliphatic rings. The summed E-state index contributed by atoms with van der Waals surface area (Å²) in [5.74, 6) is 1.28. The van der Waals surface area contributed by atoms with Gasteiger partial charge in [0.25, 0.3) is 0 Å². The van der Waals surface area contributed by atoms with Crippen LogP contribution in [0.5, 0.6) is 11.6 Å². The van der Waals surface area contributed by atoms with Gasteiger partial charge in [0.1, 0.15) is 5.75 Å². The molecule has 1 aromatic heterocycles. The van der Waals surface area contributed by atoms with Crippen molar-refractivity contribution < 1.29 is 9.53 Å². The van der Waals surface area contributed by atoms with E-state index in [-0.39, 0.29) is 0 Å². The van der Waals surface area contributed by atoms with Gasteiger partial charge in [-0.1, -0.05) is 6.07 Å². The van der Waals surface area contributed by atoms with Gasteiger partial charge in [-0.25, -0.2) is 4.68 Å². The predicted octanol–water partition coefficient (Wildman–Crippen LogP) is 3.21. The fourth-order valence-electron chi connectivity index (χ4n) is 2.80. The SMILES string of the molecule is Cc1nn(C)c(Oc2ccc3c(c2)CCCC3)c1C=O. The van der Waals surface area contributed by atoms with E-state index in [0.717, 1.165) is 24.9 Å². The second kappa shape index (κ2) is 5.12. The monoisotopic (exact) mass is 270 g/mol. The number of aryl methyl sites for hydroxylation is 4. The fourth-order valence-corrected chi connectivity index (χ4v) is 2.80. The molecule has 0 saturated carbocycles. The summed E-state index contributed by atoms with van der Waals surface area (Å²) in [6, 6.07) is 6.19. The van der Waals surface area contributed by atoms with Crippen LogP contribution in [0.25, 0.3) is 0 Å². The standard InChI is InChI=1S/C16H18N2O2/c1-11-15(10-19)16(18(2)17-11)20-14-8-7-12-5-3-4-6-13(12)9-14/h7-10H,3-6H2,1-2H3. The van der Waals surface area contributed by atoms with Crippen molar-refractivity contribution in [2.24, 2.45) is 7.05 Å². The van der Waals surface area contributed by atoms with E-state index >= 15 is 0 Å². The lowest BCUT2D eigenvalue weighted by Gasteiger charge is -2.16. The molecule has 1 heterocycles. The summed E-state index contributed by atoms with van der Waals surface area (Å²) in [7, 11) is 1.79. The Bertz CT molecular complexity index is 659. The molecule has 20 heavy (non-hydrogen) atoms. The molecule has 0 fully saturated rings. The molecule has 0 bridgehead atoms. The second-order valence-electron chi connectivity index (χ2n) is 5.29. The average molecular weight is 270 g/mol. The molecule has 0 unspecified atom stereocenters. The quantitative estimate of drug-likeness (QED) is 0.804. The minimum Gasteiger partial charge on any atom is -0.439 e. The van der Waals surface area contributed by atoms with E-state index in [0.29, 0.717) is 17.1 Å². The van der Waals surface area contributed by atoms with Gasteiger partial charge in [-0.05, 0) is 55.9 Å². The highest BCUT2D eigenvalue weighted by Gasteiger charge is 2.16. The highest BCUT2D eigenvalue weighted by atomic mass is 16.5. The fraction of sp³-hybridized carbons (Fsp3) is 0.375. The topological polar surface area (TPSA) is 44.1 Å². The number of rotatable bonds is 3. The van der Waals surface area contributed by atoms with Crippen molar-refractivity contribution >= 4 is 6.29 Å². The Labute approximate surface area is 118 Å². The van der Waals surface area contributed by atoms with Crippen molar-refractivity contribution in [3.8, 4) is 11.6 Å². The molecule has 2 aromatic rings. The molecule has 0 spiro atoms. The lowest BCUT2D eigenvalue weighted by molar-refractivity contribution is 0.112. The largest absolute Gasteiger partial charge is 0.439 e. The first-order valence-electron chi connectivity index (χ1n) is 6.97. The van der Waals surface area contributed by atoms with Crippen LogP contribution in [0, 0.1) is 6.92 Å². The summed E-state index contributed by atoms with van der Waals surface area (Å²) in [6.45, 7) is 1.81. The van der Waals surface area contributed by atoms with Gasteiger partial charge < -0.3 is 4.74 Å². The van der Waals surface area contributed by atoms with E-state index in [9.17, 15) is 4.79 Å². The smallest absolute Gasteiger partial charge is 0.228 e. The van der Waals surface area contributed by atoms with Gasteiger partial charge >= 0.3 is 0 Å². The minimum absolute atomic E-state index is 0.508. The number of carbonyl (C=O) groups excluding carboxylic acids is 1. The van der Waals surface area contributed by atoms with E-state index in [1.807, 2.05) is 13.0 Å². The summed E-state index contributed by atoms with van der Waals surface area (Å²) in [5, 5.41) is 4.23. The molecule has 4 heteroatoms. The van der Waals surface area contributed by atoms with Gasteiger partial charge in [0.15, 0.2) is 6.29 Å². The zero-order valence-electron chi connectivity index (χ0n) is 11.8. The average Bonchev–Trinajstić information content (AvgIpc) is 2.72. The molecule has 1 aliphatic carbocycles. The molecule has 0 amide bonds. The number of ether oxygens (including phenoxy) is 1. The van der Waals surface area contributed by atoms with Crippen LogP contribution in [-0.2, 0) is 19.9 Å². The van der Waals surface area contributed by atoms with Crippen LogP contribution in [0.15, 0.2) is 18.2 Å². The van der Waals surface area contributed by atoms with Crippen molar-refractivity contribution in [2.75, 3.05) is 0 Å². The summed E-state index contributed by atoms with van der Waals surface area (Å²) in [5.41, 5.74) is 3.99. The van der Waals surface area contributed by atoms with Crippen molar-refractivity contribution in [3.05, 3.63) is 40.6 Å². The molecular weight excluding hydrogens is 252 g/mol. The first kappa shape index (κ1) is 12.9. The summed E-state index contributed by atoms with van der Waals surface area (Å²) in [6.07, 6.45) is 5.57. The van der Waals surface area contributed by atoms with E-state index in [4.69, 9.17) is 4.74 Å². The molecule has 1 aromatic carbocycles. The third-order valence-electron chi connectivity index (χ3n) is 3.87. The first-order valence-corrected chi connectivity index (χ1v) is 6.97. The lowest BCUT2D eigenvalue weighted by atomic mass is 9.92. The van der Waals surface area contributed by atoms with Crippen LogP contribution in [0.2, 0.25) is 0 Å². The van der Waals surface area contributed by atoms with Crippen molar-refractivity contribution in [1.82, 2.24) is 9.78 Å². The zero-order chi connectivity index (χ0) is 14.1. The van der Waals surface area contributed by atoms with Crippen LogP contribution in [0.4, 0.5) is 0 Å². The van der Waals surface area contributed by atoms with Crippen molar-refractivity contribution in [1.29, 1.82) is 0 Å². The Hall–Kier alpha value is -2.10. The summed E-state index contributed by atoms with van der Waals surface area (Å²) >= 11 is 0. The number of aldehydes is 1. The Morgan fingerprint density at radius 2 is 2.00 bits per heavy atom. The Morgan fingerprint density at radius 3 is 2.75 bits per heavy atom. The Kier molecular flexibility index (Phi) is 3.30. The van der Waals surface area contributed by atoms with Gasteiger partial charge in [-0.15, -0.1) is 0 Å². The highest BCUT2D eigenvalue weighted by molar-refractivity contribution is 5.80. The molecule has 104 valence electrons. The van der Waals surface area contributed by atoms with E-state index in [1.165, 1.54) is 24.0 Å². The van der Waals surface area contributed by atoms with E-state index < -0.39 is 0 Å². The highest BCUT2D eigenvalue weighted by Crippen LogP contribution is 2.30. The number of benzene rings is 1. The number of carbonyl (C=O) groups is 1. The molecule has 3 rings (SSSR count). The summed E-state index contributed by atoms with van der Waals surface area (Å²) in [4.78, 5) is 11.2. The Morgan fingerprint density at radius 1 is 1.25 bits per heavy atom. The van der Waals surface area contributed by atoms with E-state index in [1.54, 1.807) is 11.7 Å². The Balaban J connectivity index is 1.93. The molecule has 0 saturated heterocycles. The maximum Gasteiger partial charge on any atom is 0.228 e. The molecular formula is C16H18N2O2. The van der Waals surface area contributed by atoms with Crippen LogP contribution >= 0.6 is 0 Å². The molecule has 0 aliphatic heterocycles. The molecule has 0 N–H and O–H groups in total. The zero-order valence-corrected chi connectivity index (χ0v) is 11.8.